The molecule has 0 heterocycles. The third-order valence-corrected chi connectivity index (χ3v) is 21.7. The minimum atomic E-state index is -2.70. The van der Waals surface area contributed by atoms with Gasteiger partial charge in [-0.05, 0) is 111 Å². The third kappa shape index (κ3) is 53.5. The fourth-order valence-corrected chi connectivity index (χ4v) is 17.4. The largest absolute Gasteiger partial charge is 0.497 e. The molecule has 400 valence electrons. The van der Waals surface area contributed by atoms with Crippen molar-refractivity contribution in [1.29, 1.82) is 0 Å². The molecule has 64 heavy (non-hydrogen) atoms. The first-order valence-electron chi connectivity index (χ1n) is 22.7. The molecule has 0 unspecified atom stereocenters. The van der Waals surface area contributed by atoms with Crippen LogP contribution in [-0.2, 0) is 70.5 Å². The lowest BCUT2D eigenvalue weighted by atomic mass is 10.9. The molecule has 0 aromatic carbocycles. The van der Waals surface area contributed by atoms with Gasteiger partial charge in [0.05, 0.1) is 0 Å². The van der Waals surface area contributed by atoms with Gasteiger partial charge in [0, 0.05) is 145 Å². The highest BCUT2D eigenvalue weighted by Gasteiger charge is 2.47. The topological polar surface area (TPSA) is 251 Å². The van der Waals surface area contributed by atoms with Crippen molar-refractivity contribution in [2.24, 2.45) is 0 Å². The summed E-state index contributed by atoms with van der Waals surface area (Å²) in [6.07, 6.45) is 0. The molecule has 0 amide bonds. The molecule has 20 nitrogen and oxygen atoms in total. The van der Waals surface area contributed by atoms with Gasteiger partial charge in [-0.1, -0.05) is 0 Å². The Morgan fingerprint density at radius 1 is 0.250 bits per heavy atom. The molecule has 0 radical (unpaired) electrons. The van der Waals surface area contributed by atoms with Gasteiger partial charge in [-0.3, -0.25) is 0 Å². The first-order valence-corrected chi connectivity index (χ1v) is 36.0. The van der Waals surface area contributed by atoms with Gasteiger partial charge in [-0.15, -0.1) is 0 Å². The van der Waals surface area contributed by atoms with Crippen molar-refractivity contribution in [2.45, 2.75) is 150 Å². The predicted molar refractivity (Wildman–Crippen MR) is 267 cm³/mol. The summed E-state index contributed by atoms with van der Waals surface area (Å²) in [5, 5.41) is 7.57. The van der Waals surface area contributed by atoms with E-state index in [4.69, 9.17) is 75.6 Å². The second kappa shape index (κ2) is 52.9. The zero-order chi connectivity index (χ0) is 49.6. The molecule has 0 saturated heterocycles. The molecule has 0 aliphatic rings. The highest BCUT2D eigenvalue weighted by atomic mass is 28.5. The van der Waals surface area contributed by atoms with Gasteiger partial charge in [-0.25, -0.2) is 0 Å². The fourth-order valence-electron chi connectivity index (χ4n) is 4.90. The zero-order valence-electron chi connectivity index (χ0n) is 44.7. The Hall–Kier alpha value is 0.501. The van der Waals surface area contributed by atoms with E-state index in [2.05, 4.69) is 0 Å². The van der Waals surface area contributed by atoms with Gasteiger partial charge in [0.1, 0.15) is 0 Å². The Labute approximate surface area is 398 Å². The predicted octanol–water partition coefficient (Wildman–Crippen LogP) is 6.25. The molecule has 0 atom stereocenters. The number of rotatable bonds is 32. The van der Waals surface area contributed by atoms with Crippen LogP contribution in [-0.4, -0.2) is 179 Å². The molecule has 0 aliphatic carbocycles. The van der Waals surface area contributed by atoms with E-state index in [-0.39, 0.29) is 17.6 Å². The molecule has 0 fully saturated rings. The fraction of sp³-hybridized carbons (Fsp3) is 1.00. The molecule has 0 aromatic heterocycles. The molecule has 6 N–H and O–H groups in total. The highest BCUT2D eigenvalue weighted by molar-refractivity contribution is 6.73. The van der Waals surface area contributed by atoms with Crippen molar-refractivity contribution in [2.75, 3.05) is 106 Å². The van der Waals surface area contributed by atoms with Crippen LogP contribution < -0.4 is 0 Å². The summed E-state index contributed by atoms with van der Waals surface area (Å²) in [4.78, 5) is 9.21. The Kier molecular flexibility index (Phi) is 67.3. The quantitative estimate of drug-likeness (QED) is 0.0706. The van der Waals surface area contributed by atoms with Crippen LogP contribution in [0.4, 0.5) is 0 Å². The van der Waals surface area contributed by atoms with Crippen molar-refractivity contribution < 1.29 is 91.4 Å². The number of aliphatic hydroxyl groups is 1. The maximum Gasteiger partial charge on any atom is 0.497 e. The Morgan fingerprint density at radius 3 is 0.469 bits per heavy atom. The van der Waals surface area contributed by atoms with E-state index < -0.39 is 52.8 Å². The molecule has 26 heteroatoms. The van der Waals surface area contributed by atoms with Crippen LogP contribution >= 0.6 is 0 Å². The molecule has 0 aromatic rings. The third-order valence-electron chi connectivity index (χ3n) is 6.48. The van der Waals surface area contributed by atoms with Gasteiger partial charge in [-0.2, -0.15) is 0 Å². The monoisotopic (exact) mass is 1050 g/mol. The maximum atomic E-state index is 9.21. The molecule has 0 rings (SSSR count). The molecular weight excluding hydrogens is 945 g/mol. The second-order valence-corrected chi connectivity index (χ2v) is 27.7. The SMILES string of the molecule is CCO.CCO[Si](C)(O)OCC.CCO[Si](C)(OCC)OCC.CCO[Si](C)(OCC)OCC.CCO[Si](C)(OCC)OCC.CCO[Si](C)(OCC)O[Si](C)(OCC)OCC.O.O. The van der Waals surface area contributed by atoms with Crippen LogP contribution in [0.2, 0.25) is 39.3 Å². The van der Waals surface area contributed by atoms with Gasteiger partial charge in [0.15, 0.2) is 0 Å². The second-order valence-electron chi connectivity index (χ2n) is 12.1. The van der Waals surface area contributed by atoms with E-state index in [0.717, 1.165) is 0 Å². The molecule has 0 saturated carbocycles. The molecular formula is C38H104O20Si6. The van der Waals surface area contributed by atoms with E-state index in [1.165, 1.54) is 0 Å². The van der Waals surface area contributed by atoms with Crippen molar-refractivity contribution in [1.82, 2.24) is 0 Å². The number of hydrogen-bond donors (Lipinski definition) is 2. The van der Waals surface area contributed by atoms with E-state index in [1.807, 2.05) is 137 Å². The molecule has 0 bridgehead atoms. The Balaban J connectivity index is -0.000000101. The standard InChI is InChI=1S/C10H26O5Si2.3C7H18O3Si.C5H14O3Si.C2H6O.2H2O/c1-7-11-16(5,12-8-2)15-17(6,13-9-3)14-10-4;3*1-5-8-11(4,9-6-2)10-7-3;1-4-7-9(3,6)8-5-2;1-2-3;;/h7-10H2,1-6H3;3*5-7H2,1-4H3;6H,4-5H2,1-3H3;3H,2H2,1H3;2*1H2. The first kappa shape index (κ1) is 81.5. The number of aliphatic hydroxyl groups excluding tert-OH is 1. The Morgan fingerprint density at radius 2 is 0.359 bits per heavy atom. The van der Waals surface area contributed by atoms with Gasteiger partial charge in [0.25, 0.3) is 0 Å². The lowest BCUT2D eigenvalue weighted by Gasteiger charge is -2.34. The molecule has 0 spiro atoms. The summed E-state index contributed by atoms with van der Waals surface area (Å²) in [6, 6.07) is 0. The van der Waals surface area contributed by atoms with E-state index >= 15 is 0 Å². The summed E-state index contributed by atoms with van der Waals surface area (Å²) in [5.41, 5.74) is 0. The van der Waals surface area contributed by atoms with Crippen LogP contribution in [0.5, 0.6) is 0 Å². The number of hydrogen-bond acceptors (Lipinski definition) is 18. The summed E-state index contributed by atoms with van der Waals surface area (Å²) < 4.78 is 87.0. The Bertz CT molecular complexity index is 748. The lowest BCUT2D eigenvalue weighted by molar-refractivity contribution is 0.0578. The van der Waals surface area contributed by atoms with Crippen molar-refractivity contribution in [3.05, 3.63) is 0 Å². The highest BCUT2D eigenvalue weighted by Crippen LogP contribution is 2.19. The van der Waals surface area contributed by atoms with Crippen LogP contribution in [0.25, 0.3) is 0 Å². The first-order chi connectivity index (χ1) is 29.0. The van der Waals surface area contributed by atoms with E-state index in [0.29, 0.717) is 99.1 Å². The van der Waals surface area contributed by atoms with Crippen molar-refractivity contribution in [3.63, 3.8) is 0 Å². The lowest BCUT2D eigenvalue weighted by Crippen LogP contribution is -2.55. The minimum absolute atomic E-state index is 0. The van der Waals surface area contributed by atoms with Crippen LogP contribution in [0, 0.1) is 0 Å². The minimum Gasteiger partial charge on any atom is -0.412 e. The van der Waals surface area contributed by atoms with Crippen molar-refractivity contribution >= 4 is 52.8 Å². The molecule has 0 aliphatic heterocycles. The maximum absolute atomic E-state index is 9.21. The summed E-state index contributed by atoms with van der Waals surface area (Å²) in [6.45, 7) is 51.1. The zero-order valence-corrected chi connectivity index (χ0v) is 50.7. The van der Waals surface area contributed by atoms with Crippen LogP contribution in [0.1, 0.15) is 111 Å². The van der Waals surface area contributed by atoms with Gasteiger partial charge in [0.2, 0.25) is 0 Å². The van der Waals surface area contributed by atoms with Gasteiger partial charge < -0.3 is 91.4 Å². The normalized spacial score (nSPS) is 11.6. The average molecular weight is 1050 g/mol. The van der Waals surface area contributed by atoms with Gasteiger partial charge >= 0.3 is 52.8 Å². The average Bonchev–Trinajstić information content (AvgIpc) is 3.14. The van der Waals surface area contributed by atoms with E-state index in [1.54, 1.807) is 13.5 Å². The van der Waals surface area contributed by atoms with Crippen LogP contribution in [0.15, 0.2) is 0 Å². The summed E-state index contributed by atoms with van der Waals surface area (Å²) >= 11 is 0. The van der Waals surface area contributed by atoms with Crippen LogP contribution in [0.3, 0.4) is 0 Å². The summed E-state index contributed by atoms with van der Waals surface area (Å²) in [7, 11) is -14.7. The smallest absolute Gasteiger partial charge is 0.412 e. The summed E-state index contributed by atoms with van der Waals surface area (Å²) in [5.74, 6) is 0. The van der Waals surface area contributed by atoms with Crippen molar-refractivity contribution in [3.8, 4) is 0 Å². The van der Waals surface area contributed by atoms with E-state index in [9.17, 15) is 4.80 Å².